The highest BCUT2D eigenvalue weighted by atomic mass is 16.5. The van der Waals surface area contributed by atoms with Gasteiger partial charge in [-0.2, -0.15) is 0 Å². The summed E-state index contributed by atoms with van der Waals surface area (Å²) in [5.41, 5.74) is 0. The maximum Gasteiger partial charge on any atom is 0.310 e. The number of hydrogen-bond donors (Lipinski definition) is 0. The summed E-state index contributed by atoms with van der Waals surface area (Å²) in [6.45, 7) is 2.17. The maximum atomic E-state index is 11.4. The van der Waals surface area contributed by atoms with Crippen molar-refractivity contribution < 1.29 is 14.3 Å². The van der Waals surface area contributed by atoms with Crippen LogP contribution in [0.15, 0.2) is 12.2 Å². The molecular formula is C10H12O3. The number of hydrogen-bond acceptors (Lipinski definition) is 3. The zero-order valence-corrected chi connectivity index (χ0v) is 7.53. The molecule has 0 aromatic heterocycles. The van der Waals surface area contributed by atoms with Crippen LogP contribution in [0.4, 0.5) is 0 Å². The molecule has 3 atom stereocenters. The Labute approximate surface area is 76.8 Å². The highest BCUT2D eigenvalue weighted by Gasteiger charge is 2.47. The van der Waals surface area contributed by atoms with Gasteiger partial charge in [0.15, 0.2) is 0 Å². The van der Waals surface area contributed by atoms with Crippen molar-refractivity contribution in [3.63, 3.8) is 0 Å². The monoisotopic (exact) mass is 180 g/mol. The number of ether oxygens (including phenoxy) is 1. The summed E-state index contributed by atoms with van der Waals surface area (Å²) in [7, 11) is 0. The minimum atomic E-state index is -0.215. The minimum absolute atomic E-state index is 0.0144. The van der Waals surface area contributed by atoms with Gasteiger partial charge in [0, 0.05) is 11.8 Å². The molecule has 2 rings (SSSR count). The third-order valence-corrected chi connectivity index (χ3v) is 2.78. The topological polar surface area (TPSA) is 43.4 Å². The fourth-order valence-corrected chi connectivity index (χ4v) is 2.13. The summed E-state index contributed by atoms with van der Waals surface area (Å²) in [5, 5.41) is 0. The quantitative estimate of drug-likeness (QED) is 0.469. The molecule has 3 heteroatoms. The van der Waals surface area contributed by atoms with Crippen molar-refractivity contribution in [2.45, 2.75) is 13.3 Å². The first kappa shape index (κ1) is 8.48. The van der Waals surface area contributed by atoms with Crippen molar-refractivity contribution in [1.29, 1.82) is 0 Å². The predicted octanol–water partition coefficient (Wildman–Crippen LogP) is 0.941. The SMILES string of the molecule is CCOC(=O)C1CC2C=CC1C2=O. The molecule has 0 N–H and O–H groups in total. The second-order valence-electron chi connectivity index (χ2n) is 3.51. The lowest BCUT2D eigenvalue weighted by atomic mass is 9.94. The standard InChI is InChI=1S/C10H12O3/c1-2-13-10(12)8-5-6-3-4-7(8)9(6)11/h3-4,6-8H,2,5H2,1H3. The Balaban J connectivity index is 2.08. The van der Waals surface area contributed by atoms with Gasteiger partial charge in [-0.15, -0.1) is 0 Å². The minimum Gasteiger partial charge on any atom is -0.466 e. The molecule has 1 saturated carbocycles. The molecule has 0 radical (unpaired) electrons. The largest absolute Gasteiger partial charge is 0.466 e. The van der Waals surface area contributed by atoms with E-state index in [2.05, 4.69) is 0 Å². The molecule has 0 saturated heterocycles. The van der Waals surface area contributed by atoms with Gasteiger partial charge in [-0.1, -0.05) is 12.2 Å². The van der Waals surface area contributed by atoms with Gasteiger partial charge in [-0.05, 0) is 13.3 Å². The fourth-order valence-electron chi connectivity index (χ4n) is 2.13. The lowest BCUT2D eigenvalue weighted by Crippen LogP contribution is -2.22. The Morgan fingerprint density at radius 1 is 1.62 bits per heavy atom. The molecule has 3 unspecified atom stereocenters. The van der Waals surface area contributed by atoms with Crippen molar-refractivity contribution in [2.75, 3.05) is 6.61 Å². The van der Waals surface area contributed by atoms with E-state index in [1.807, 2.05) is 12.2 Å². The third kappa shape index (κ3) is 1.19. The average molecular weight is 180 g/mol. The Morgan fingerprint density at radius 3 is 2.85 bits per heavy atom. The van der Waals surface area contributed by atoms with Crippen molar-refractivity contribution in [1.82, 2.24) is 0 Å². The highest BCUT2D eigenvalue weighted by molar-refractivity contribution is 5.96. The van der Waals surface area contributed by atoms with Gasteiger partial charge >= 0.3 is 5.97 Å². The van der Waals surface area contributed by atoms with Crippen LogP contribution in [0.2, 0.25) is 0 Å². The second-order valence-corrected chi connectivity index (χ2v) is 3.51. The Kier molecular flexibility index (Phi) is 1.94. The molecule has 3 nitrogen and oxygen atoms in total. The first-order valence-corrected chi connectivity index (χ1v) is 4.62. The highest BCUT2D eigenvalue weighted by Crippen LogP contribution is 2.40. The summed E-state index contributed by atoms with van der Waals surface area (Å²) in [4.78, 5) is 22.8. The van der Waals surface area contributed by atoms with Crippen LogP contribution in [0.25, 0.3) is 0 Å². The molecular weight excluding hydrogens is 168 g/mol. The molecule has 0 aliphatic heterocycles. The van der Waals surface area contributed by atoms with Gasteiger partial charge in [0.25, 0.3) is 0 Å². The van der Waals surface area contributed by atoms with E-state index in [9.17, 15) is 9.59 Å². The van der Waals surface area contributed by atoms with Crippen molar-refractivity contribution >= 4 is 11.8 Å². The van der Waals surface area contributed by atoms with Gasteiger partial charge < -0.3 is 4.74 Å². The van der Waals surface area contributed by atoms with Crippen LogP contribution < -0.4 is 0 Å². The van der Waals surface area contributed by atoms with Crippen LogP contribution in [0, 0.1) is 17.8 Å². The molecule has 13 heavy (non-hydrogen) atoms. The molecule has 1 fully saturated rings. The summed E-state index contributed by atoms with van der Waals surface area (Å²) in [5.74, 6) is -0.434. The van der Waals surface area contributed by atoms with Crippen molar-refractivity contribution in [3.05, 3.63) is 12.2 Å². The van der Waals surface area contributed by atoms with E-state index in [1.165, 1.54) is 0 Å². The molecule has 2 bridgehead atoms. The number of allylic oxidation sites excluding steroid dienone is 2. The van der Waals surface area contributed by atoms with E-state index < -0.39 is 0 Å². The molecule has 0 amide bonds. The molecule has 70 valence electrons. The zero-order chi connectivity index (χ0) is 9.42. The lowest BCUT2D eigenvalue weighted by molar-refractivity contribution is -0.149. The van der Waals surface area contributed by atoms with E-state index in [0.29, 0.717) is 13.0 Å². The van der Waals surface area contributed by atoms with Crippen molar-refractivity contribution in [3.8, 4) is 0 Å². The van der Waals surface area contributed by atoms with Crippen LogP contribution in [0.5, 0.6) is 0 Å². The summed E-state index contributed by atoms with van der Waals surface area (Å²) >= 11 is 0. The van der Waals surface area contributed by atoms with Gasteiger partial charge in [0.1, 0.15) is 5.78 Å². The molecule has 0 aromatic carbocycles. The van der Waals surface area contributed by atoms with E-state index in [-0.39, 0.29) is 29.5 Å². The Hall–Kier alpha value is -1.12. The van der Waals surface area contributed by atoms with Gasteiger partial charge in [0.2, 0.25) is 0 Å². The molecule has 0 aromatic rings. The van der Waals surface area contributed by atoms with Crippen LogP contribution in [0.1, 0.15) is 13.3 Å². The molecule has 0 heterocycles. The predicted molar refractivity (Wildman–Crippen MR) is 45.9 cm³/mol. The van der Waals surface area contributed by atoms with Crippen LogP contribution in [0.3, 0.4) is 0 Å². The maximum absolute atomic E-state index is 11.4. The number of Topliss-reactive ketones (excluding diaryl/α,β-unsaturated/α-hetero) is 1. The number of ketones is 1. The number of esters is 1. The van der Waals surface area contributed by atoms with E-state index in [0.717, 1.165) is 0 Å². The number of carbonyl (C=O) groups excluding carboxylic acids is 2. The number of carbonyl (C=O) groups is 2. The van der Waals surface area contributed by atoms with Crippen LogP contribution in [-0.2, 0) is 14.3 Å². The van der Waals surface area contributed by atoms with Gasteiger partial charge in [-0.25, -0.2) is 0 Å². The Morgan fingerprint density at radius 2 is 2.38 bits per heavy atom. The van der Waals surface area contributed by atoms with E-state index >= 15 is 0 Å². The smallest absolute Gasteiger partial charge is 0.310 e. The van der Waals surface area contributed by atoms with Crippen molar-refractivity contribution in [2.24, 2.45) is 17.8 Å². The number of fused-ring (bicyclic) bond motifs is 2. The number of rotatable bonds is 2. The van der Waals surface area contributed by atoms with E-state index in [1.54, 1.807) is 6.92 Å². The molecule has 2 aliphatic carbocycles. The first-order chi connectivity index (χ1) is 6.24. The van der Waals surface area contributed by atoms with Crippen LogP contribution >= 0.6 is 0 Å². The summed E-state index contributed by atoms with van der Waals surface area (Å²) in [6.07, 6.45) is 4.40. The van der Waals surface area contributed by atoms with Crippen LogP contribution in [-0.4, -0.2) is 18.4 Å². The van der Waals surface area contributed by atoms with Gasteiger partial charge in [-0.3, -0.25) is 9.59 Å². The molecule has 2 aliphatic rings. The summed E-state index contributed by atoms with van der Waals surface area (Å²) < 4.78 is 4.90. The Bertz CT molecular complexity index is 280. The fraction of sp³-hybridized carbons (Fsp3) is 0.600. The van der Waals surface area contributed by atoms with E-state index in [4.69, 9.17) is 4.74 Å². The average Bonchev–Trinajstić information content (AvgIpc) is 2.62. The van der Waals surface area contributed by atoms with Gasteiger partial charge in [0.05, 0.1) is 12.5 Å². The third-order valence-electron chi connectivity index (χ3n) is 2.78. The molecule has 0 spiro atoms. The normalized spacial score (nSPS) is 35.5. The lowest BCUT2D eigenvalue weighted by Gasteiger charge is -2.14. The zero-order valence-electron chi connectivity index (χ0n) is 7.53. The summed E-state index contributed by atoms with van der Waals surface area (Å²) in [6, 6.07) is 0. The second kappa shape index (κ2) is 2.98. The first-order valence-electron chi connectivity index (χ1n) is 4.62.